The minimum Gasteiger partial charge on any atom is -0.381 e. The average Bonchev–Trinajstić information content (AvgIpc) is 3.23. The van der Waals surface area contributed by atoms with Crippen LogP contribution in [0.4, 0.5) is 5.69 Å². The number of amides is 1. The quantitative estimate of drug-likeness (QED) is 0.882. The van der Waals surface area contributed by atoms with E-state index in [-0.39, 0.29) is 5.91 Å². The van der Waals surface area contributed by atoms with Crippen LogP contribution in [0.15, 0.2) is 18.5 Å². The Hall–Kier alpha value is -1.62. The van der Waals surface area contributed by atoms with E-state index >= 15 is 0 Å². The molecule has 1 aliphatic heterocycles. The molecule has 2 aliphatic rings. The first-order chi connectivity index (χ1) is 9.22. The third-order valence-corrected chi connectivity index (χ3v) is 3.72. The third-order valence-electron chi connectivity index (χ3n) is 3.72. The van der Waals surface area contributed by atoms with Crippen molar-refractivity contribution in [2.45, 2.75) is 18.9 Å². The van der Waals surface area contributed by atoms with E-state index < -0.39 is 0 Å². The molecule has 1 amide bonds. The molecule has 102 valence electrons. The number of hydrogen-bond acceptors (Lipinski definition) is 4. The van der Waals surface area contributed by atoms with Crippen molar-refractivity contribution in [2.75, 3.05) is 38.5 Å². The number of likely N-dealkylation sites (N-methyl/N-ethyl adjacent to an activating group) is 1. The molecule has 0 bridgehead atoms. The fraction of sp³-hybridized carbons (Fsp3) is 0.571. The van der Waals surface area contributed by atoms with Crippen LogP contribution in [0.5, 0.6) is 0 Å². The predicted octanol–water partition coefficient (Wildman–Crippen LogP) is 1.04. The zero-order valence-corrected chi connectivity index (χ0v) is 11.3. The van der Waals surface area contributed by atoms with Gasteiger partial charge in [0.05, 0.1) is 11.3 Å². The molecule has 1 saturated carbocycles. The maximum Gasteiger partial charge on any atom is 0.255 e. The first-order valence-corrected chi connectivity index (χ1v) is 6.92. The third kappa shape index (κ3) is 3.04. The Morgan fingerprint density at radius 3 is 2.68 bits per heavy atom. The van der Waals surface area contributed by atoms with Crippen LogP contribution in [-0.2, 0) is 0 Å². The first-order valence-electron chi connectivity index (χ1n) is 6.92. The molecule has 1 saturated heterocycles. The molecule has 5 heteroatoms. The molecule has 1 aromatic rings. The van der Waals surface area contributed by atoms with Crippen molar-refractivity contribution >= 4 is 11.6 Å². The molecule has 0 radical (unpaired) electrons. The molecule has 19 heavy (non-hydrogen) atoms. The largest absolute Gasteiger partial charge is 0.381 e. The van der Waals surface area contributed by atoms with Crippen LogP contribution in [0.2, 0.25) is 0 Å². The summed E-state index contributed by atoms with van der Waals surface area (Å²) in [4.78, 5) is 20.7. The van der Waals surface area contributed by atoms with Crippen molar-refractivity contribution in [1.29, 1.82) is 0 Å². The number of carbonyl (C=O) groups excluding carboxylic acids is 1. The van der Waals surface area contributed by atoms with Gasteiger partial charge in [0.25, 0.3) is 5.91 Å². The Kier molecular flexibility index (Phi) is 3.38. The molecule has 3 rings (SSSR count). The number of piperazine rings is 1. The van der Waals surface area contributed by atoms with Gasteiger partial charge in [0.1, 0.15) is 0 Å². The lowest BCUT2D eigenvalue weighted by Gasteiger charge is -2.32. The molecular formula is C14H20N4O. The van der Waals surface area contributed by atoms with Gasteiger partial charge in [0, 0.05) is 44.6 Å². The second-order valence-electron chi connectivity index (χ2n) is 5.48. The maximum absolute atomic E-state index is 12.4. The van der Waals surface area contributed by atoms with Crippen molar-refractivity contribution < 1.29 is 4.79 Å². The van der Waals surface area contributed by atoms with Gasteiger partial charge in [-0.3, -0.25) is 9.78 Å². The highest BCUT2D eigenvalue weighted by atomic mass is 16.2. The zero-order valence-electron chi connectivity index (χ0n) is 11.3. The number of hydrogen-bond donors (Lipinski definition) is 1. The van der Waals surface area contributed by atoms with E-state index in [1.165, 1.54) is 12.8 Å². The van der Waals surface area contributed by atoms with E-state index in [4.69, 9.17) is 0 Å². The highest BCUT2D eigenvalue weighted by Crippen LogP contribution is 2.24. The fourth-order valence-corrected chi connectivity index (χ4v) is 2.29. The smallest absolute Gasteiger partial charge is 0.255 e. The van der Waals surface area contributed by atoms with Crippen LogP contribution < -0.4 is 5.32 Å². The Balaban J connectivity index is 1.68. The monoisotopic (exact) mass is 260 g/mol. The molecule has 1 N–H and O–H groups in total. The lowest BCUT2D eigenvalue weighted by atomic mass is 10.2. The van der Waals surface area contributed by atoms with E-state index in [1.807, 2.05) is 11.0 Å². The van der Waals surface area contributed by atoms with E-state index in [0.717, 1.165) is 31.9 Å². The summed E-state index contributed by atoms with van der Waals surface area (Å²) >= 11 is 0. The lowest BCUT2D eigenvalue weighted by Crippen LogP contribution is -2.47. The molecule has 0 aromatic carbocycles. The Morgan fingerprint density at radius 2 is 2.00 bits per heavy atom. The summed E-state index contributed by atoms with van der Waals surface area (Å²) < 4.78 is 0. The van der Waals surface area contributed by atoms with Crippen LogP contribution in [0.3, 0.4) is 0 Å². The summed E-state index contributed by atoms with van der Waals surface area (Å²) in [5.41, 5.74) is 1.65. The van der Waals surface area contributed by atoms with Crippen molar-refractivity contribution in [3.63, 3.8) is 0 Å². The molecule has 1 aliphatic carbocycles. The van der Waals surface area contributed by atoms with Crippen LogP contribution in [0.1, 0.15) is 23.2 Å². The second-order valence-corrected chi connectivity index (χ2v) is 5.48. The number of nitrogens with zero attached hydrogens (tertiary/aromatic N) is 3. The fourth-order valence-electron chi connectivity index (χ4n) is 2.29. The minimum atomic E-state index is 0.0973. The molecule has 0 unspecified atom stereocenters. The molecule has 1 aromatic heterocycles. The summed E-state index contributed by atoms with van der Waals surface area (Å²) in [6, 6.07) is 2.50. The van der Waals surface area contributed by atoms with Gasteiger partial charge in [0.2, 0.25) is 0 Å². The zero-order chi connectivity index (χ0) is 13.2. The number of aromatic nitrogens is 1. The van der Waals surface area contributed by atoms with Crippen LogP contribution >= 0.6 is 0 Å². The molecule has 0 atom stereocenters. The van der Waals surface area contributed by atoms with Gasteiger partial charge in [-0.05, 0) is 26.0 Å². The van der Waals surface area contributed by atoms with Gasteiger partial charge in [0.15, 0.2) is 0 Å². The summed E-state index contributed by atoms with van der Waals surface area (Å²) in [6.45, 7) is 3.49. The van der Waals surface area contributed by atoms with Gasteiger partial charge in [-0.2, -0.15) is 0 Å². The molecule has 5 nitrogen and oxygen atoms in total. The first kappa shape index (κ1) is 12.4. The standard InChI is InChI=1S/C14H20N4O/c1-17-4-6-18(7-5-17)14(19)11-8-13(10-15-9-11)16-12-2-3-12/h8-10,12,16H,2-7H2,1H3. The number of carbonyl (C=O) groups is 1. The van der Waals surface area contributed by atoms with Gasteiger partial charge >= 0.3 is 0 Å². The van der Waals surface area contributed by atoms with E-state index in [0.29, 0.717) is 11.6 Å². The van der Waals surface area contributed by atoms with Gasteiger partial charge < -0.3 is 15.1 Å². The van der Waals surface area contributed by atoms with Crippen molar-refractivity contribution in [3.05, 3.63) is 24.0 Å². The highest BCUT2D eigenvalue weighted by molar-refractivity contribution is 5.94. The molecule has 2 fully saturated rings. The van der Waals surface area contributed by atoms with Crippen molar-refractivity contribution in [2.24, 2.45) is 0 Å². The van der Waals surface area contributed by atoms with E-state index in [2.05, 4.69) is 22.2 Å². The summed E-state index contributed by atoms with van der Waals surface area (Å²) in [5.74, 6) is 0.0973. The highest BCUT2D eigenvalue weighted by Gasteiger charge is 2.23. The van der Waals surface area contributed by atoms with Gasteiger partial charge in [-0.25, -0.2) is 0 Å². The second kappa shape index (κ2) is 5.17. The Bertz CT molecular complexity index is 464. The Labute approximate surface area is 113 Å². The van der Waals surface area contributed by atoms with E-state index in [1.54, 1.807) is 12.4 Å². The van der Waals surface area contributed by atoms with Crippen molar-refractivity contribution in [1.82, 2.24) is 14.8 Å². The van der Waals surface area contributed by atoms with Crippen LogP contribution in [-0.4, -0.2) is 60.0 Å². The van der Waals surface area contributed by atoms with Crippen molar-refractivity contribution in [3.8, 4) is 0 Å². The van der Waals surface area contributed by atoms with E-state index in [9.17, 15) is 4.79 Å². The topological polar surface area (TPSA) is 48.5 Å². The van der Waals surface area contributed by atoms with Crippen LogP contribution in [0, 0.1) is 0 Å². The van der Waals surface area contributed by atoms with Crippen LogP contribution in [0.25, 0.3) is 0 Å². The Morgan fingerprint density at radius 1 is 1.26 bits per heavy atom. The number of rotatable bonds is 3. The minimum absolute atomic E-state index is 0.0973. The summed E-state index contributed by atoms with van der Waals surface area (Å²) in [7, 11) is 2.09. The summed E-state index contributed by atoms with van der Waals surface area (Å²) in [6.07, 6.45) is 5.89. The predicted molar refractivity (Wildman–Crippen MR) is 74.3 cm³/mol. The van der Waals surface area contributed by atoms with Gasteiger partial charge in [-0.1, -0.05) is 0 Å². The number of anilines is 1. The molecule has 0 spiro atoms. The number of nitrogens with one attached hydrogen (secondary N) is 1. The molecule has 2 heterocycles. The van der Waals surface area contributed by atoms with Gasteiger partial charge in [-0.15, -0.1) is 0 Å². The SMILES string of the molecule is CN1CCN(C(=O)c2cncc(NC3CC3)c2)CC1. The average molecular weight is 260 g/mol. The normalized spacial score (nSPS) is 20.4. The lowest BCUT2D eigenvalue weighted by molar-refractivity contribution is 0.0663. The maximum atomic E-state index is 12.4. The molecular weight excluding hydrogens is 240 g/mol. The number of pyridine rings is 1. The summed E-state index contributed by atoms with van der Waals surface area (Å²) in [5, 5.41) is 3.38.